The molecule has 0 saturated carbocycles. The summed E-state index contributed by atoms with van der Waals surface area (Å²) in [5.74, 6) is 0.526. The fraction of sp³-hybridized carbons (Fsp3) is 0.200. The lowest BCUT2D eigenvalue weighted by molar-refractivity contribution is -0.121. The molecular formula is C25H25BrClN3O5S. The van der Waals surface area contributed by atoms with E-state index < -0.39 is 22.5 Å². The molecule has 11 heteroatoms. The van der Waals surface area contributed by atoms with Crippen LogP contribution in [0.5, 0.6) is 11.5 Å². The van der Waals surface area contributed by atoms with Gasteiger partial charge in [-0.3, -0.25) is 4.79 Å². The van der Waals surface area contributed by atoms with Gasteiger partial charge in [0.25, 0.3) is 5.91 Å². The molecule has 36 heavy (non-hydrogen) atoms. The highest BCUT2D eigenvalue weighted by atomic mass is 79.9. The van der Waals surface area contributed by atoms with Crippen molar-refractivity contribution in [2.45, 2.75) is 18.4 Å². The molecule has 0 aliphatic rings. The first kappa shape index (κ1) is 27.7. The van der Waals surface area contributed by atoms with Crippen LogP contribution in [-0.2, 0) is 21.4 Å². The van der Waals surface area contributed by atoms with Crippen LogP contribution in [0.2, 0.25) is 5.02 Å². The van der Waals surface area contributed by atoms with Crippen molar-refractivity contribution in [3.8, 4) is 11.5 Å². The maximum Gasteiger partial charge on any atom is 0.255 e. The number of carbonyl (C=O) groups excluding carboxylic acids is 1. The lowest BCUT2D eigenvalue weighted by Crippen LogP contribution is -2.39. The minimum absolute atomic E-state index is 0.0250. The first-order valence-electron chi connectivity index (χ1n) is 10.9. The zero-order valence-electron chi connectivity index (χ0n) is 19.6. The highest BCUT2D eigenvalue weighted by molar-refractivity contribution is 9.10. The topological polar surface area (TPSA) is 97.3 Å². The van der Waals surface area contributed by atoms with E-state index in [2.05, 4.69) is 26.5 Å². The minimum Gasteiger partial charge on any atom is -0.493 e. The van der Waals surface area contributed by atoms with Crippen molar-refractivity contribution in [3.05, 3.63) is 87.4 Å². The molecule has 0 saturated heterocycles. The lowest BCUT2D eigenvalue weighted by Gasteiger charge is -2.21. The van der Waals surface area contributed by atoms with E-state index in [0.29, 0.717) is 34.3 Å². The first-order valence-corrected chi connectivity index (χ1v) is 13.5. The van der Waals surface area contributed by atoms with Crippen LogP contribution >= 0.6 is 27.5 Å². The molecule has 190 valence electrons. The molecule has 0 radical (unpaired) electrons. The van der Waals surface area contributed by atoms with Crippen LogP contribution in [0.25, 0.3) is 0 Å². The van der Waals surface area contributed by atoms with Crippen molar-refractivity contribution >= 4 is 49.7 Å². The van der Waals surface area contributed by atoms with Crippen molar-refractivity contribution in [3.63, 3.8) is 0 Å². The van der Waals surface area contributed by atoms with Crippen molar-refractivity contribution in [2.75, 3.05) is 20.3 Å². The van der Waals surface area contributed by atoms with Gasteiger partial charge in [-0.25, -0.2) is 13.8 Å². The van der Waals surface area contributed by atoms with Gasteiger partial charge in [-0.15, -0.1) is 0 Å². The molecule has 0 atom stereocenters. The molecule has 1 amide bonds. The molecule has 3 aromatic carbocycles. The second kappa shape index (κ2) is 12.9. The largest absolute Gasteiger partial charge is 0.493 e. The van der Waals surface area contributed by atoms with Crippen LogP contribution in [-0.4, -0.2) is 45.1 Å². The summed E-state index contributed by atoms with van der Waals surface area (Å²) in [5.41, 5.74) is 3.73. The number of hydrazone groups is 1. The van der Waals surface area contributed by atoms with Crippen molar-refractivity contribution in [2.24, 2.45) is 5.10 Å². The molecule has 0 unspecified atom stereocenters. The molecule has 0 heterocycles. The minimum atomic E-state index is -3.98. The summed E-state index contributed by atoms with van der Waals surface area (Å²) < 4.78 is 39.3. The van der Waals surface area contributed by atoms with Gasteiger partial charge in [0.2, 0.25) is 10.0 Å². The van der Waals surface area contributed by atoms with Crippen LogP contribution in [0, 0.1) is 0 Å². The standard InChI is InChI=1S/C25H25BrClN3O5S/c1-3-35-23-13-6-19(14-24(23)34-2)15-28-29-25(31)17-30(16-18-4-9-21(27)10-5-18)36(32,33)22-11-7-20(26)8-12-22/h4-15H,3,16-17H2,1-2H3,(H,29,31)/b28-15-. The van der Waals surface area contributed by atoms with E-state index in [9.17, 15) is 13.2 Å². The predicted molar refractivity (Wildman–Crippen MR) is 143 cm³/mol. The monoisotopic (exact) mass is 593 g/mol. The number of hydrogen-bond donors (Lipinski definition) is 1. The molecular weight excluding hydrogens is 570 g/mol. The number of nitrogens with zero attached hydrogens (tertiary/aromatic N) is 2. The Labute approximate surface area is 224 Å². The van der Waals surface area contributed by atoms with Gasteiger partial charge in [0.1, 0.15) is 0 Å². The molecule has 0 fully saturated rings. The van der Waals surface area contributed by atoms with E-state index in [1.54, 1.807) is 54.6 Å². The lowest BCUT2D eigenvalue weighted by atomic mass is 10.2. The maximum absolute atomic E-state index is 13.3. The third kappa shape index (κ3) is 7.54. The van der Waals surface area contributed by atoms with E-state index in [4.69, 9.17) is 21.1 Å². The third-order valence-corrected chi connectivity index (χ3v) is 7.52. The fourth-order valence-corrected chi connectivity index (χ4v) is 4.96. The molecule has 1 N–H and O–H groups in total. The molecule has 0 aliphatic heterocycles. The van der Waals surface area contributed by atoms with E-state index in [1.165, 1.54) is 25.5 Å². The Morgan fingerprint density at radius 1 is 1.08 bits per heavy atom. The summed E-state index contributed by atoms with van der Waals surface area (Å²) in [4.78, 5) is 12.7. The summed E-state index contributed by atoms with van der Waals surface area (Å²) in [6.45, 7) is 1.90. The number of hydrogen-bond acceptors (Lipinski definition) is 6. The molecule has 3 rings (SSSR count). The van der Waals surface area contributed by atoms with Gasteiger partial charge in [-0.1, -0.05) is 39.7 Å². The zero-order chi connectivity index (χ0) is 26.1. The number of carbonyl (C=O) groups is 1. The summed E-state index contributed by atoms with van der Waals surface area (Å²) in [7, 11) is -2.45. The number of sulfonamides is 1. The Morgan fingerprint density at radius 3 is 2.42 bits per heavy atom. The van der Waals surface area contributed by atoms with E-state index in [0.717, 1.165) is 8.78 Å². The van der Waals surface area contributed by atoms with Crippen LogP contribution in [0.1, 0.15) is 18.1 Å². The number of methoxy groups -OCH3 is 1. The zero-order valence-corrected chi connectivity index (χ0v) is 22.8. The average Bonchev–Trinajstić information content (AvgIpc) is 2.86. The molecule has 0 spiro atoms. The number of rotatable bonds is 11. The number of amides is 1. The molecule has 8 nitrogen and oxygen atoms in total. The third-order valence-electron chi connectivity index (χ3n) is 4.93. The first-order chi connectivity index (χ1) is 17.2. The van der Waals surface area contributed by atoms with Crippen LogP contribution < -0.4 is 14.9 Å². The average molecular weight is 595 g/mol. The van der Waals surface area contributed by atoms with Gasteiger partial charge in [0, 0.05) is 16.0 Å². The van der Waals surface area contributed by atoms with Crippen molar-refractivity contribution in [1.82, 2.24) is 9.73 Å². The maximum atomic E-state index is 13.3. The Hall–Kier alpha value is -2.92. The Balaban J connectivity index is 1.76. The van der Waals surface area contributed by atoms with Crippen LogP contribution in [0.15, 0.2) is 81.2 Å². The highest BCUT2D eigenvalue weighted by Gasteiger charge is 2.27. The number of halogens is 2. The van der Waals surface area contributed by atoms with Gasteiger partial charge in [0.05, 0.1) is 31.4 Å². The van der Waals surface area contributed by atoms with E-state index in [1.807, 2.05) is 6.92 Å². The quantitative estimate of drug-likeness (QED) is 0.253. The summed E-state index contributed by atoms with van der Waals surface area (Å²) in [6, 6.07) is 18.2. The normalized spacial score (nSPS) is 11.6. The van der Waals surface area contributed by atoms with Crippen LogP contribution in [0.3, 0.4) is 0 Å². The fourth-order valence-electron chi connectivity index (χ4n) is 3.19. The Morgan fingerprint density at radius 2 is 1.78 bits per heavy atom. The number of benzene rings is 3. The molecule has 0 aromatic heterocycles. The van der Waals surface area contributed by atoms with Crippen molar-refractivity contribution < 1.29 is 22.7 Å². The second-order valence-electron chi connectivity index (χ2n) is 7.49. The van der Waals surface area contributed by atoms with Gasteiger partial charge in [0.15, 0.2) is 11.5 Å². The van der Waals surface area contributed by atoms with E-state index >= 15 is 0 Å². The smallest absolute Gasteiger partial charge is 0.255 e. The summed E-state index contributed by atoms with van der Waals surface area (Å²) >= 11 is 9.26. The number of ether oxygens (including phenoxy) is 2. The summed E-state index contributed by atoms with van der Waals surface area (Å²) in [5, 5.41) is 4.49. The van der Waals surface area contributed by atoms with Crippen LogP contribution in [0.4, 0.5) is 0 Å². The molecule has 0 bridgehead atoms. The Kier molecular flexibility index (Phi) is 9.89. The molecule has 3 aromatic rings. The van der Waals surface area contributed by atoms with Gasteiger partial charge in [-0.05, 0) is 72.6 Å². The van der Waals surface area contributed by atoms with Gasteiger partial charge in [-0.2, -0.15) is 9.41 Å². The van der Waals surface area contributed by atoms with Gasteiger partial charge < -0.3 is 9.47 Å². The predicted octanol–water partition coefficient (Wildman–Crippen LogP) is 4.85. The number of nitrogens with one attached hydrogen (secondary N) is 1. The van der Waals surface area contributed by atoms with Crippen molar-refractivity contribution in [1.29, 1.82) is 0 Å². The summed E-state index contributed by atoms with van der Waals surface area (Å²) in [6.07, 6.45) is 1.43. The molecule has 0 aliphatic carbocycles. The SMILES string of the molecule is CCOc1ccc(/C=N\NC(=O)CN(Cc2ccc(Cl)cc2)S(=O)(=O)c2ccc(Br)cc2)cc1OC. The highest BCUT2D eigenvalue weighted by Crippen LogP contribution is 2.27. The van der Waals surface area contributed by atoms with Gasteiger partial charge >= 0.3 is 0 Å². The second-order valence-corrected chi connectivity index (χ2v) is 10.8. The van der Waals surface area contributed by atoms with E-state index in [-0.39, 0.29) is 11.4 Å². The Bertz CT molecular complexity index is 1320.